The minimum Gasteiger partial charge on any atom is -0.452 e. The Bertz CT molecular complexity index is 802. The number of anilines is 1. The molecule has 30 heavy (non-hydrogen) atoms. The lowest BCUT2D eigenvalue weighted by Crippen LogP contribution is -2.42. The number of imide groups is 1. The number of piperidine rings is 1. The van der Waals surface area contributed by atoms with E-state index in [0.717, 1.165) is 18.9 Å². The number of hydrogen-bond donors (Lipinski definition) is 2. The molecule has 1 fully saturated rings. The molecule has 10 nitrogen and oxygen atoms in total. The van der Waals surface area contributed by atoms with Crippen LogP contribution in [0.2, 0.25) is 0 Å². The highest BCUT2D eigenvalue weighted by molar-refractivity contribution is 5.97. The fourth-order valence-corrected chi connectivity index (χ4v) is 3.03. The molecule has 1 aliphatic heterocycles. The number of carbonyl (C=O) groups excluding carboxylic acids is 3. The van der Waals surface area contributed by atoms with Crippen molar-refractivity contribution in [2.45, 2.75) is 33.6 Å². The number of benzene rings is 1. The maximum Gasteiger partial charge on any atom is 0.338 e. The summed E-state index contributed by atoms with van der Waals surface area (Å²) in [5, 5.41) is 16.1. The molecule has 10 heteroatoms. The fraction of sp³-hybridized carbons (Fsp3) is 0.550. The van der Waals surface area contributed by atoms with Gasteiger partial charge in [0.25, 0.3) is 11.6 Å². The molecule has 0 aromatic heterocycles. The summed E-state index contributed by atoms with van der Waals surface area (Å²) < 4.78 is 4.88. The van der Waals surface area contributed by atoms with Gasteiger partial charge in [0.1, 0.15) is 5.69 Å². The Morgan fingerprint density at radius 2 is 1.93 bits per heavy atom. The molecule has 0 radical (unpaired) electrons. The SMILES string of the molecule is CC(C)CNC(=O)NC(=O)COC(=O)c1ccc(N2CCC(C)CC2)c([N+](=O)[O-])c1. The van der Waals surface area contributed by atoms with E-state index in [1.807, 2.05) is 24.1 Å². The van der Waals surface area contributed by atoms with Gasteiger partial charge in [0.15, 0.2) is 6.61 Å². The first-order valence-corrected chi connectivity index (χ1v) is 9.95. The summed E-state index contributed by atoms with van der Waals surface area (Å²) in [6.07, 6.45) is 1.89. The average molecular weight is 420 g/mol. The predicted octanol–water partition coefficient (Wildman–Crippen LogP) is 2.47. The van der Waals surface area contributed by atoms with Crippen LogP contribution in [0.15, 0.2) is 18.2 Å². The third kappa shape index (κ3) is 6.71. The molecular formula is C20H28N4O6. The molecule has 1 saturated heterocycles. The van der Waals surface area contributed by atoms with E-state index in [1.54, 1.807) is 0 Å². The second-order valence-corrected chi connectivity index (χ2v) is 7.86. The number of amides is 3. The Morgan fingerprint density at radius 1 is 1.27 bits per heavy atom. The minimum atomic E-state index is -0.880. The zero-order chi connectivity index (χ0) is 22.3. The molecule has 0 spiro atoms. The van der Waals surface area contributed by atoms with Gasteiger partial charge in [-0.25, -0.2) is 9.59 Å². The summed E-state index contributed by atoms with van der Waals surface area (Å²) in [7, 11) is 0. The lowest BCUT2D eigenvalue weighted by Gasteiger charge is -2.31. The number of ether oxygens (including phenoxy) is 1. The van der Waals surface area contributed by atoms with Crippen molar-refractivity contribution in [3.05, 3.63) is 33.9 Å². The Labute approximate surface area is 175 Å². The number of hydrogen-bond acceptors (Lipinski definition) is 7. The number of rotatable bonds is 7. The number of carbonyl (C=O) groups is 3. The van der Waals surface area contributed by atoms with Gasteiger partial charge < -0.3 is 15.0 Å². The summed E-state index contributed by atoms with van der Waals surface area (Å²) >= 11 is 0. The molecule has 0 aliphatic carbocycles. The smallest absolute Gasteiger partial charge is 0.338 e. The highest BCUT2D eigenvalue weighted by Crippen LogP contribution is 2.32. The standard InChI is InChI=1S/C20H28N4O6/c1-13(2)11-21-20(27)22-18(25)12-30-19(26)15-4-5-16(17(10-15)24(28)29)23-8-6-14(3)7-9-23/h4-5,10,13-14H,6-9,11-12H2,1-3H3,(H2,21,22,25,27). The lowest BCUT2D eigenvalue weighted by molar-refractivity contribution is -0.384. The van der Waals surface area contributed by atoms with Gasteiger partial charge in [-0.15, -0.1) is 0 Å². The molecule has 1 heterocycles. The van der Waals surface area contributed by atoms with E-state index in [0.29, 0.717) is 31.2 Å². The molecule has 0 unspecified atom stereocenters. The summed E-state index contributed by atoms with van der Waals surface area (Å²) in [5.41, 5.74) is 0.243. The van der Waals surface area contributed by atoms with Crippen LogP contribution in [0, 0.1) is 22.0 Å². The first-order valence-electron chi connectivity index (χ1n) is 9.95. The third-order valence-electron chi connectivity index (χ3n) is 4.79. The molecule has 0 saturated carbocycles. The third-order valence-corrected chi connectivity index (χ3v) is 4.79. The Morgan fingerprint density at radius 3 is 2.53 bits per heavy atom. The highest BCUT2D eigenvalue weighted by atomic mass is 16.6. The minimum absolute atomic E-state index is 0.0344. The highest BCUT2D eigenvalue weighted by Gasteiger charge is 2.25. The van der Waals surface area contributed by atoms with E-state index in [-0.39, 0.29) is 17.2 Å². The van der Waals surface area contributed by atoms with Gasteiger partial charge in [-0.05, 0) is 36.8 Å². The normalized spacial score (nSPS) is 14.3. The van der Waals surface area contributed by atoms with Crippen LogP contribution in [0.5, 0.6) is 0 Å². The van der Waals surface area contributed by atoms with Crippen molar-refractivity contribution in [2.24, 2.45) is 11.8 Å². The van der Waals surface area contributed by atoms with Crippen LogP contribution in [-0.2, 0) is 9.53 Å². The predicted molar refractivity (Wildman–Crippen MR) is 110 cm³/mol. The molecule has 1 aliphatic rings. The van der Waals surface area contributed by atoms with Gasteiger partial charge in [0, 0.05) is 25.7 Å². The molecule has 1 aromatic rings. The number of esters is 1. The summed E-state index contributed by atoms with van der Waals surface area (Å²) in [6, 6.07) is 3.45. The van der Waals surface area contributed by atoms with E-state index in [1.165, 1.54) is 12.1 Å². The maximum atomic E-state index is 12.2. The zero-order valence-electron chi connectivity index (χ0n) is 17.5. The van der Waals surface area contributed by atoms with Gasteiger partial charge in [0.05, 0.1) is 10.5 Å². The fourth-order valence-electron chi connectivity index (χ4n) is 3.03. The summed E-state index contributed by atoms with van der Waals surface area (Å²) in [5.74, 6) is -0.878. The largest absolute Gasteiger partial charge is 0.452 e. The second kappa shape index (κ2) is 10.6. The number of nitrogens with one attached hydrogen (secondary N) is 2. The first-order chi connectivity index (χ1) is 14.2. The number of urea groups is 1. The van der Waals surface area contributed by atoms with E-state index in [2.05, 4.69) is 12.2 Å². The van der Waals surface area contributed by atoms with Crippen LogP contribution in [0.3, 0.4) is 0 Å². The van der Waals surface area contributed by atoms with E-state index in [4.69, 9.17) is 4.74 Å². The van der Waals surface area contributed by atoms with E-state index in [9.17, 15) is 24.5 Å². The number of nitro benzene ring substituents is 1. The van der Waals surface area contributed by atoms with Crippen LogP contribution in [0.1, 0.15) is 44.0 Å². The lowest BCUT2D eigenvalue weighted by atomic mass is 9.98. The van der Waals surface area contributed by atoms with Gasteiger partial charge in [-0.2, -0.15) is 0 Å². The topological polar surface area (TPSA) is 131 Å². The Balaban J connectivity index is 1.97. The van der Waals surface area contributed by atoms with Gasteiger partial charge >= 0.3 is 12.0 Å². The van der Waals surface area contributed by atoms with Crippen molar-refractivity contribution in [1.29, 1.82) is 0 Å². The van der Waals surface area contributed by atoms with Gasteiger partial charge in [-0.1, -0.05) is 20.8 Å². The van der Waals surface area contributed by atoms with Crippen LogP contribution < -0.4 is 15.5 Å². The first kappa shape index (κ1) is 23.1. The maximum absolute atomic E-state index is 12.2. The summed E-state index contributed by atoms with van der Waals surface area (Å²) in [4.78, 5) is 48.4. The zero-order valence-corrected chi connectivity index (χ0v) is 17.5. The quantitative estimate of drug-likeness (QED) is 0.393. The molecule has 0 atom stereocenters. The second-order valence-electron chi connectivity index (χ2n) is 7.86. The van der Waals surface area contributed by atoms with E-state index >= 15 is 0 Å². The molecule has 3 amide bonds. The average Bonchev–Trinajstić information content (AvgIpc) is 2.70. The monoisotopic (exact) mass is 420 g/mol. The van der Waals surface area contributed by atoms with Crippen molar-refractivity contribution < 1.29 is 24.0 Å². The van der Waals surface area contributed by atoms with Crippen molar-refractivity contribution in [3.8, 4) is 0 Å². The van der Waals surface area contributed by atoms with E-state index < -0.39 is 29.4 Å². The Hall–Kier alpha value is -3.17. The van der Waals surface area contributed by atoms with Crippen molar-refractivity contribution in [3.63, 3.8) is 0 Å². The number of nitro groups is 1. The number of nitrogens with zero attached hydrogens (tertiary/aromatic N) is 2. The molecule has 164 valence electrons. The molecular weight excluding hydrogens is 392 g/mol. The van der Waals surface area contributed by atoms with Crippen LogP contribution in [0.4, 0.5) is 16.2 Å². The van der Waals surface area contributed by atoms with Crippen molar-refractivity contribution >= 4 is 29.3 Å². The van der Waals surface area contributed by atoms with Crippen molar-refractivity contribution in [2.75, 3.05) is 31.1 Å². The Kier molecular flexibility index (Phi) is 8.14. The summed E-state index contributed by atoms with van der Waals surface area (Å²) in [6.45, 7) is 7.10. The van der Waals surface area contributed by atoms with Crippen LogP contribution >= 0.6 is 0 Å². The molecule has 0 bridgehead atoms. The van der Waals surface area contributed by atoms with Crippen molar-refractivity contribution in [1.82, 2.24) is 10.6 Å². The van der Waals surface area contributed by atoms with Gasteiger partial charge in [-0.3, -0.25) is 20.2 Å². The van der Waals surface area contributed by atoms with Crippen LogP contribution in [0.25, 0.3) is 0 Å². The molecule has 1 aromatic carbocycles. The van der Waals surface area contributed by atoms with Gasteiger partial charge in [0.2, 0.25) is 0 Å². The van der Waals surface area contributed by atoms with Crippen LogP contribution in [-0.4, -0.2) is 49.1 Å². The molecule has 2 rings (SSSR count). The molecule has 2 N–H and O–H groups in total.